The van der Waals surface area contributed by atoms with Gasteiger partial charge in [-0.15, -0.1) is 0 Å². The number of rotatable bonds is 7. The number of methoxy groups -OCH3 is 1. The summed E-state index contributed by atoms with van der Waals surface area (Å²) in [5.41, 5.74) is 2.40. The van der Waals surface area contributed by atoms with Crippen LogP contribution in [0.5, 0.6) is 0 Å². The Morgan fingerprint density at radius 1 is 1.13 bits per heavy atom. The largest absolute Gasteiger partial charge is 0.383 e. The molecule has 30 heavy (non-hydrogen) atoms. The quantitative estimate of drug-likeness (QED) is 0.312. The van der Waals surface area contributed by atoms with Crippen LogP contribution in [0.3, 0.4) is 0 Å². The molecule has 5 nitrogen and oxygen atoms in total. The number of thioether (sulfide) groups is 1. The zero-order chi connectivity index (χ0) is 21.9. The number of hydrogen-bond donors (Lipinski definition) is 0. The molecule has 0 amide bonds. The Bertz CT molecular complexity index is 1100. The predicted octanol–water partition coefficient (Wildman–Crippen LogP) is 4.70. The van der Waals surface area contributed by atoms with Gasteiger partial charge in [0.25, 0.3) is 5.56 Å². The number of Topliss-reactive ketones (excluding diaryl/α,β-unsaturated/α-hetero) is 1. The molecule has 0 aliphatic heterocycles. The highest BCUT2D eigenvalue weighted by molar-refractivity contribution is 8.00. The molecular formula is C24H28N2O3S. The highest BCUT2D eigenvalue weighted by atomic mass is 32.2. The third kappa shape index (κ3) is 4.82. The predicted molar refractivity (Wildman–Crippen MR) is 123 cm³/mol. The van der Waals surface area contributed by atoms with Gasteiger partial charge in [-0.1, -0.05) is 68.9 Å². The number of para-hydroxylation sites is 1. The Balaban J connectivity index is 1.90. The highest BCUT2D eigenvalue weighted by Gasteiger charge is 2.21. The van der Waals surface area contributed by atoms with Crippen LogP contribution in [0.1, 0.15) is 43.6 Å². The summed E-state index contributed by atoms with van der Waals surface area (Å²) < 4.78 is 6.76. The van der Waals surface area contributed by atoms with Gasteiger partial charge in [0.15, 0.2) is 10.9 Å². The van der Waals surface area contributed by atoms with Crippen molar-refractivity contribution in [3.8, 4) is 0 Å². The van der Waals surface area contributed by atoms with Gasteiger partial charge in [-0.3, -0.25) is 14.2 Å². The van der Waals surface area contributed by atoms with E-state index in [0.29, 0.717) is 34.8 Å². The van der Waals surface area contributed by atoms with Crippen molar-refractivity contribution in [2.45, 2.75) is 50.1 Å². The van der Waals surface area contributed by atoms with Crippen molar-refractivity contribution in [1.82, 2.24) is 9.55 Å². The first kappa shape index (κ1) is 22.2. The van der Waals surface area contributed by atoms with Gasteiger partial charge in [0.1, 0.15) is 0 Å². The molecular weight excluding hydrogens is 396 g/mol. The molecule has 0 aliphatic rings. The summed E-state index contributed by atoms with van der Waals surface area (Å²) in [5.74, 6) is 0.0150. The molecule has 1 aromatic heterocycles. The Morgan fingerprint density at radius 2 is 1.80 bits per heavy atom. The number of ether oxygens (including phenoxy) is 1. The normalized spacial score (nSPS) is 12.8. The average Bonchev–Trinajstić information content (AvgIpc) is 2.72. The Kier molecular flexibility index (Phi) is 6.78. The molecule has 0 fully saturated rings. The second-order valence-corrected chi connectivity index (χ2v) is 9.62. The van der Waals surface area contributed by atoms with Gasteiger partial charge in [0.2, 0.25) is 0 Å². The maximum atomic E-state index is 13.0. The minimum Gasteiger partial charge on any atom is -0.383 e. The topological polar surface area (TPSA) is 61.2 Å². The van der Waals surface area contributed by atoms with E-state index >= 15 is 0 Å². The van der Waals surface area contributed by atoms with Crippen LogP contribution >= 0.6 is 11.8 Å². The van der Waals surface area contributed by atoms with Crippen LogP contribution in [0.25, 0.3) is 10.9 Å². The van der Waals surface area contributed by atoms with E-state index in [2.05, 4.69) is 25.8 Å². The standard InChI is InChI=1S/C24H28N2O3S/c1-16(21(27)17-10-12-18(13-11-17)24(2,3)4)30-23-25-20-9-7-6-8-19(20)22(28)26(23)14-15-29-5/h6-13,16H,14-15H2,1-5H3/t16-/m0/s1. The average molecular weight is 425 g/mol. The van der Waals surface area contributed by atoms with Crippen LogP contribution in [0.4, 0.5) is 0 Å². The van der Waals surface area contributed by atoms with Gasteiger partial charge in [-0.25, -0.2) is 4.98 Å². The van der Waals surface area contributed by atoms with Crippen LogP contribution in [0.15, 0.2) is 58.5 Å². The lowest BCUT2D eigenvalue weighted by Crippen LogP contribution is -2.26. The van der Waals surface area contributed by atoms with E-state index in [4.69, 9.17) is 4.74 Å². The number of carbonyl (C=O) groups excluding carboxylic acids is 1. The maximum Gasteiger partial charge on any atom is 0.262 e. The lowest BCUT2D eigenvalue weighted by atomic mass is 9.86. The summed E-state index contributed by atoms with van der Waals surface area (Å²) in [5, 5.41) is 0.713. The SMILES string of the molecule is COCCn1c(S[C@@H](C)C(=O)c2ccc(C(C)(C)C)cc2)nc2ccccc2c1=O. The lowest BCUT2D eigenvalue weighted by molar-refractivity contribution is 0.0993. The monoisotopic (exact) mass is 424 g/mol. The zero-order valence-electron chi connectivity index (χ0n) is 18.1. The molecule has 0 spiro atoms. The van der Waals surface area contributed by atoms with E-state index in [1.54, 1.807) is 17.7 Å². The molecule has 6 heteroatoms. The zero-order valence-corrected chi connectivity index (χ0v) is 19.0. The molecule has 0 unspecified atom stereocenters. The van der Waals surface area contributed by atoms with Crippen molar-refractivity contribution in [2.75, 3.05) is 13.7 Å². The van der Waals surface area contributed by atoms with Crippen LogP contribution < -0.4 is 5.56 Å². The van der Waals surface area contributed by atoms with Crippen LogP contribution in [0, 0.1) is 0 Å². The molecule has 3 aromatic rings. The third-order valence-electron chi connectivity index (χ3n) is 5.03. The van der Waals surface area contributed by atoms with Crippen molar-refractivity contribution < 1.29 is 9.53 Å². The summed E-state index contributed by atoms with van der Waals surface area (Å²) >= 11 is 1.31. The molecule has 0 saturated heterocycles. The molecule has 0 saturated carbocycles. The molecule has 1 heterocycles. The van der Waals surface area contributed by atoms with Crippen molar-refractivity contribution in [3.05, 3.63) is 70.0 Å². The number of fused-ring (bicyclic) bond motifs is 1. The fourth-order valence-electron chi connectivity index (χ4n) is 3.20. The van der Waals surface area contributed by atoms with Crippen LogP contribution in [-0.2, 0) is 16.7 Å². The van der Waals surface area contributed by atoms with Gasteiger partial charge in [0.05, 0.1) is 29.3 Å². The van der Waals surface area contributed by atoms with Gasteiger partial charge in [-0.2, -0.15) is 0 Å². The van der Waals surface area contributed by atoms with Gasteiger partial charge >= 0.3 is 0 Å². The molecule has 2 aromatic carbocycles. The number of ketones is 1. The number of hydrogen-bond acceptors (Lipinski definition) is 5. The lowest BCUT2D eigenvalue weighted by Gasteiger charge is -2.19. The summed E-state index contributed by atoms with van der Waals surface area (Å²) in [6.07, 6.45) is 0. The van der Waals surface area contributed by atoms with E-state index in [9.17, 15) is 9.59 Å². The van der Waals surface area contributed by atoms with Crippen molar-refractivity contribution in [2.24, 2.45) is 0 Å². The third-order valence-corrected chi connectivity index (χ3v) is 6.12. The number of benzene rings is 2. The molecule has 0 aliphatic carbocycles. The fourth-order valence-corrected chi connectivity index (χ4v) is 4.21. The minimum atomic E-state index is -0.382. The Labute approximate surface area is 181 Å². The van der Waals surface area contributed by atoms with Gasteiger partial charge < -0.3 is 4.74 Å². The number of nitrogens with zero attached hydrogens (tertiary/aromatic N) is 2. The van der Waals surface area contributed by atoms with E-state index < -0.39 is 0 Å². The minimum absolute atomic E-state index is 0.0150. The first-order chi connectivity index (χ1) is 14.2. The summed E-state index contributed by atoms with van der Waals surface area (Å²) in [6, 6.07) is 15.0. The molecule has 3 rings (SSSR count). The smallest absolute Gasteiger partial charge is 0.262 e. The Morgan fingerprint density at radius 3 is 2.43 bits per heavy atom. The molecule has 158 valence electrons. The molecule has 0 bridgehead atoms. The van der Waals surface area contributed by atoms with Gasteiger partial charge in [-0.05, 0) is 30.0 Å². The van der Waals surface area contributed by atoms with E-state index in [0.717, 1.165) is 0 Å². The summed E-state index contributed by atoms with van der Waals surface area (Å²) in [4.78, 5) is 30.7. The van der Waals surface area contributed by atoms with E-state index in [-0.39, 0.29) is 22.0 Å². The van der Waals surface area contributed by atoms with Crippen LogP contribution in [-0.4, -0.2) is 34.3 Å². The summed E-state index contributed by atoms with van der Waals surface area (Å²) in [6.45, 7) is 9.07. The first-order valence-corrected chi connectivity index (χ1v) is 10.9. The molecule has 1 atom stereocenters. The maximum absolute atomic E-state index is 13.0. The number of carbonyl (C=O) groups is 1. The second-order valence-electron chi connectivity index (χ2n) is 8.31. The fraction of sp³-hybridized carbons (Fsp3) is 0.375. The highest BCUT2D eigenvalue weighted by Crippen LogP contribution is 2.27. The molecule has 0 radical (unpaired) electrons. The van der Waals surface area contributed by atoms with Gasteiger partial charge in [0, 0.05) is 12.7 Å². The van der Waals surface area contributed by atoms with Crippen molar-refractivity contribution >= 4 is 28.4 Å². The van der Waals surface area contributed by atoms with E-state index in [1.165, 1.54) is 17.3 Å². The summed E-state index contributed by atoms with van der Waals surface area (Å²) in [7, 11) is 1.60. The van der Waals surface area contributed by atoms with E-state index in [1.807, 2.05) is 49.4 Å². The number of aromatic nitrogens is 2. The Hall–Kier alpha value is -2.44. The molecule has 0 N–H and O–H groups in total. The van der Waals surface area contributed by atoms with Crippen LogP contribution in [0.2, 0.25) is 0 Å². The van der Waals surface area contributed by atoms with Crippen molar-refractivity contribution in [1.29, 1.82) is 0 Å². The second kappa shape index (κ2) is 9.14. The first-order valence-electron chi connectivity index (χ1n) is 10.0. The van der Waals surface area contributed by atoms with Crippen molar-refractivity contribution in [3.63, 3.8) is 0 Å².